The largest absolute Gasteiger partial charge is 0.427 e. The number of ether oxygens (including phenoxy) is 2. The summed E-state index contributed by atoms with van der Waals surface area (Å²) in [6.45, 7) is 2.36. The van der Waals surface area contributed by atoms with Crippen LogP contribution in [0.15, 0.2) is 24.3 Å². The highest BCUT2D eigenvalue weighted by Crippen LogP contribution is 2.20. The summed E-state index contributed by atoms with van der Waals surface area (Å²) in [5.74, 6) is -5.60. The van der Waals surface area contributed by atoms with Gasteiger partial charge in [-0.1, -0.05) is 26.7 Å². The fourth-order valence-corrected chi connectivity index (χ4v) is 2.44. The van der Waals surface area contributed by atoms with E-state index in [1.165, 1.54) is 24.3 Å². The second-order valence-corrected chi connectivity index (χ2v) is 6.77. The van der Waals surface area contributed by atoms with E-state index < -0.39 is 36.7 Å². The molecule has 28 heavy (non-hydrogen) atoms. The molecule has 8 heteroatoms. The van der Waals surface area contributed by atoms with Crippen molar-refractivity contribution in [2.24, 2.45) is 0 Å². The van der Waals surface area contributed by atoms with Crippen molar-refractivity contribution in [2.75, 3.05) is 13.2 Å². The summed E-state index contributed by atoms with van der Waals surface area (Å²) < 4.78 is 9.99. The van der Waals surface area contributed by atoms with Gasteiger partial charge in [0.2, 0.25) is 11.6 Å². The van der Waals surface area contributed by atoms with Crippen molar-refractivity contribution in [3.63, 3.8) is 0 Å². The predicted molar refractivity (Wildman–Crippen MR) is 100 cm³/mol. The molecule has 0 heterocycles. The van der Waals surface area contributed by atoms with Gasteiger partial charge in [0.1, 0.15) is 13.2 Å². The van der Waals surface area contributed by atoms with Gasteiger partial charge in [0.05, 0.1) is 11.1 Å². The molecular formula is C20H30O8. The summed E-state index contributed by atoms with van der Waals surface area (Å²) >= 11 is 0. The van der Waals surface area contributed by atoms with Crippen LogP contribution in [0.2, 0.25) is 0 Å². The molecule has 0 aliphatic carbocycles. The third kappa shape index (κ3) is 7.20. The van der Waals surface area contributed by atoms with Gasteiger partial charge < -0.3 is 29.9 Å². The van der Waals surface area contributed by atoms with Crippen LogP contribution in [0, 0.1) is 0 Å². The molecule has 2 unspecified atom stereocenters. The Morgan fingerprint density at radius 3 is 1.36 bits per heavy atom. The normalized spacial score (nSPS) is 15.4. The second kappa shape index (κ2) is 11.1. The average molecular weight is 398 g/mol. The zero-order valence-corrected chi connectivity index (χ0v) is 16.4. The molecule has 0 fully saturated rings. The summed E-state index contributed by atoms with van der Waals surface area (Å²) in [6.07, 6.45) is 2.87. The van der Waals surface area contributed by atoms with Gasteiger partial charge in [0.25, 0.3) is 0 Å². The molecule has 2 atom stereocenters. The van der Waals surface area contributed by atoms with Crippen molar-refractivity contribution >= 4 is 11.9 Å². The van der Waals surface area contributed by atoms with Gasteiger partial charge in [-0.2, -0.15) is 0 Å². The van der Waals surface area contributed by atoms with E-state index in [-0.39, 0.29) is 24.0 Å². The number of unbranched alkanes of at least 4 members (excludes halogenated alkanes) is 2. The van der Waals surface area contributed by atoms with Crippen LogP contribution in [0.3, 0.4) is 0 Å². The van der Waals surface area contributed by atoms with E-state index in [0.29, 0.717) is 12.8 Å². The van der Waals surface area contributed by atoms with E-state index in [4.69, 9.17) is 9.47 Å². The fraction of sp³-hybridized carbons (Fsp3) is 0.600. The highest BCUT2D eigenvalue weighted by atomic mass is 16.7. The van der Waals surface area contributed by atoms with Crippen molar-refractivity contribution in [1.82, 2.24) is 0 Å². The highest BCUT2D eigenvalue weighted by Gasteiger charge is 2.32. The first kappa shape index (κ1) is 24.0. The number of rotatable bonds is 12. The van der Waals surface area contributed by atoms with Crippen molar-refractivity contribution in [1.29, 1.82) is 0 Å². The van der Waals surface area contributed by atoms with Gasteiger partial charge in [-0.15, -0.1) is 0 Å². The minimum absolute atomic E-state index is 0.0725. The van der Waals surface area contributed by atoms with Crippen molar-refractivity contribution in [3.05, 3.63) is 35.4 Å². The van der Waals surface area contributed by atoms with Gasteiger partial charge in [-0.25, -0.2) is 9.59 Å². The number of carbonyl (C=O) groups is 2. The molecule has 0 radical (unpaired) electrons. The van der Waals surface area contributed by atoms with Gasteiger partial charge >= 0.3 is 11.9 Å². The molecular weight excluding hydrogens is 368 g/mol. The smallest absolute Gasteiger partial charge is 0.340 e. The third-order valence-corrected chi connectivity index (χ3v) is 4.26. The Hall–Kier alpha value is -2.00. The minimum Gasteiger partial charge on any atom is -0.427 e. The lowest BCUT2D eigenvalue weighted by molar-refractivity contribution is -0.194. The van der Waals surface area contributed by atoms with Crippen molar-refractivity contribution in [2.45, 2.75) is 63.9 Å². The standard InChI is InChI=1S/C20H30O8/c1-3-5-11-19(25,13-21)27-17(23)15-7-9-16(10-8-15)18(24)28-20(26,14-22)12-6-4-2/h7-10,21-22,25-26H,3-6,11-14H2,1-2H3. The Labute approximate surface area is 164 Å². The van der Waals surface area contributed by atoms with E-state index in [1.54, 1.807) is 0 Å². The lowest BCUT2D eigenvalue weighted by Crippen LogP contribution is -2.39. The maximum Gasteiger partial charge on any atom is 0.340 e. The van der Waals surface area contributed by atoms with Crippen molar-refractivity contribution < 1.29 is 39.5 Å². The molecule has 1 aromatic carbocycles. The molecule has 0 aliphatic heterocycles. The first-order valence-corrected chi connectivity index (χ1v) is 9.45. The number of aliphatic hydroxyl groups excluding tert-OH is 2. The summed E-state index contributed by atoms with van der Waals surface area (Å²) in [6, 6.07) is 5.22. The van der Waals surface area contributed by atoms with Gasteiger partial charge in [-0.05, 0) is 37.1 Å². The predicted octanol–water partition coefficient (Wildman–Crippen LogP) is 1.74. The maximum atomic E-state index is 12.2. The summed E-state index contributed by atoms with van der Waals surface area (Å²) in [5, 5.41) is 38.8. The Bertz CT molecular complexity index is 575. The third-order valence-electron chi connectivity index (χ3n) is 4.26. The van der Waals surface area contributed by atoms with E-state index >= 15 is 0 Å². The molecule has 0 saturated heterocycles. The van der Waals surface area contributed by atoms with E-state index in [0.717, 1.165) is 12.8 Å². The SMILES string of the molecule is CCCCC(O)(CO)OC(=O)c1ccc(C(=O)OC(O)(CO)CCCC)cc1. The Kier molecular flexibility index (Phi) is 9.54. The van der Waals surface area contributed by atoms with Crippen LogP contribution in [0.4, 0.5) is 0 Å². The molecule has 0 bridgehead atoms. The summed E-state index contributed by atoms with van der Waals surface area (Å²) in [5.41, 5.74) is 0.145. The number of esters is 2. The molecule has 0 saturated carbocycles. The van der Waals surface area contributed by atoms with Gasteiger partial charge in [-0.3, -0.25) is 0 Å². The molecule has 0 aromatic heterocycles. The molecule has 0 spiro atoms. The number of aliphatic hydroxyl groups is 4. The van der Waals surface area contributed by atoms with Crippen molar-refractivity contribution in [3.8, 4) is 0 Å². The van der Waals surface area contributed by atoms with Crippen LogP contribution < -0.4 is 0 Å². The van der Waals surface area contributed by atoms with Crippen LogP contribution in [-0.4, -0.2) is 57.2 Å². The molecule has 0 amide bonds. The topological polar surface area (TPSA) is 134 Å². The number of hydrogen-bond acceptors (Lipinski definition) is 8. The summed E-state index contributed by atoms with van der Waals surface area (Å²) in [4.78, 5) is 24.3. The van der Waals surface area contributed by atoms with Crippen LogP contribution in [-0.2, 0) is 9.47 Å². The van der Waals surface area contributed by atoms with Gasteiger partial charge in [0.15, 0.2) is 0 Å². The van der Waals surface area contributed by atoms with E-state index in [1.807, 2.05) is 13.8 Å². The Balaban J connectivity index is 2.79. The average Bonchev–Trinajstić information content (AvgIpc) is 2.70. The lowest BCUT2D eigenvalue weighted by atomic mass is 10.1. The molecule has 1 rings (SSSR count). The van der Waals surface area contributed by atoms with Crippen LogP contribution in [0.25, 0.3) is 0 Å². The lowest BCUT2D eigenvalue weighted by Gasteiger charge is -2.26. The molecule has 1 aromatic rings. The molecule has 4 N–H and O–H groups in total. The van der Waals surface area contributed by atoms with Gasteiger partial charge in [0, 0.05) is 12.8 Å². The minimum atomic E-state index is -1.96. The second-order valence-electron chi connectivity index (χ2n) is 6.77. The first-order chi connectivity index (χ1) is 13.2. The molecule has 0 aliphatic rings. The summed E-state index contributed by atoms with van der Waals surface area (Å²) in [7, 11) is 0. The van der Waals surface area contributed by atoms with E-state index in [9.17, 15) is 30.0 Å². The quantitative estimate of drug-likeness (QED) is 0.309. The van der Waals surface area contributed by atoms with Crippen LogP contribution >= 0.6 is 0 Å². The number of benzene rings is 1. The fourth-order valence-electron chi connectivity index (χ4n) is 2.44. The highest BCUT2D eigenvalue weighted by molar-refractivity contribution is 5.93. The molecule has 8 nitrogen and oxygen atoms in total. The van der Waals surface area contributed by atoms with Crippen LogP contribution in [0.5, 0.6) is 0 Å². The van der Waals surface area contributed by atoms with Crippen LogP contribution in [0.1, 0.15) is 73.1 Å². The zero-order chi connectivity index (χ0) is 21.2. The number of carbonyl (C=O) groups excluding carboxylic acids is 2. The first-order valence-electron chi connectivity index (χ1n) is 9.45. The zero-order valence-electron chi connectivity index (χ0n) is 16.4. The monoisotopic (exact) mass is 398 g/mol. The Morgan fingerprint density at radius 1 is 0.786 bits per heavy atom. The number of hydrogen-bond donors (Lipinski definition) is 4. The molecule has 158 valence electrons. The maximum absolute atomic E-state index is 12.2. The van der Waals surface area contributed by atoms with E-state index in [2.05, 4.69) is 0 Å². The Morgan fingerprint density at radius 2 is 1.11 bits per heavy atom.